The number of rotatable bonds is 3. The Hall–Kier alpha value is -2.64. The number of aromatic nitrogens is 1. The van der Waals surface area contributed by atoms with E-state index in [0.717, 1.165) is 19.4 Å². The van der Waals surface area contributed by atoms with Gasteiger partial charge in [-0.2, -0.15) is 13.2 Å². The van der Waals surface area contributed by atoms with Crippen molar-refractivity contribution < 1.29 is 31.8 Å². The van der Waals surface area contributed by atoms with Crippen LogP contribution in [0.25, 0.3) is 11.1 Å². The molecule has 0 aliphatic heterocycles. The molecule has 4 nitrogen and oxygen atoms in total. The van der Waals surface area contributed by atoms with Gasteiger partial charge >= 0.3 is 12.1 Å². The molecule has 0 radical (unpaired) electrons. The van der Waals surface area contributed by atoms with E-state index in [1.165, 1.54) is 13.2 Å². The fourth-order valence-corrected chi connectivity index (χ4v) is 2.24. The van der Waals surface area contributed by atoms with Crippen LogP contribution in [-0.2, 0) is 10.9 Å². The van der Waals surface area contributed by atoms with Crippen molar-refractivity contribution in [1.29, 1.82) is 0 Å². The first-order valence-electron chi connectivity index (χ1n) is 6.69. The molecule has 0 saturated heterocycles. The van der Waals surface area contributed by atoms with E-state index in [0.29, 0.717) is 11.8 Å². The lowest BCUT2D eigenvalue weighted by atomic mass is 9.96. The number of alkyl halides is 3. The molecular weight excluding hydrogens is 330 g/mol. The Morgan fingerprint density at radius 3 is 2.42 bits per heavy atom. The van der Waals surface area contributed by atoms with Crippen LogP contribution in [0.4, 0.5) is 17.6 Å². The molecule has 0 N–H and O–H groups in total. The summed E-state index contributed by atoms with van der Waals surface area (Å²) in [6.07, 6.45) is -3.77. The Balaban J connectivity index is 2.86. The fourth-order valence-electron chi connectivity index (χ4n) is 2.24. The first kappa shape index (κ1) is 17.7. The van der Waals surface area contributed by atoms with E-state index < -0.39 is 29.1 Å². The zero-order chi connectivity index (χ0) is 18.1. The number of pyridine rings is 1. The van der Waals surface area contributed by atoms with Crippen LogP contribution in [0, 0.1) is 12.7 Å². The van der Waals surface area contributed by atoms with E-state index >= 15 is 0 Å². The molecule has 0 saturated carbocycles. The van der Waals surface area contributed by atoms with Gasteiger partial charge < -0.3 is 9.47 Å². The Morgan fingerprint density at radius 2 is 1.88 bits per heavy atom. The van der Waals surface area contributed by atoms with E-state index in [-0.39, 0.29) is 16.9 Å². The van der Waals surface area contributed by atoms with Gasteiger partial charge in [0.25, 0.3) is 0 Å². The molecule has 1 heterocycles. The third-order valence-corrected chi connectivity index (χ3v) is 3.34. The largest absolute Gasteiger partial charge is 0.496 e. The molecule has 0 aliphatic rings. The van der Waals surface area contributed by atoms with E-state index in [1.54, 1.807) is 6.92 Å². The highest BCUT2D eigenvalue weighted by Gasteiger charge is 2.36. The summed E-state index contributed by atoms with van der Waals surface area (Å²) in [5.41, 5.74) is -1.80. The second-order valence-corrected chi connectivity index (χ2v) is 4.86. The van der Waals surface area contributed by atoms with Crippen molar-refractivity contribution in [3.05, 3.63) is 47.0 Å². The van der Waals surface area contributed by atoms with Gasteiger partial charge in [0.1, 0.15) is 11.6 Å². The van der Waals surface area contributed by atoms with Gasteiger partial charge in [0, 0.05) is 17.5 Å². The number of aryl methyl sites for hydroxylation is 1. The number of ether oxygens (including phenoxy) is 2. The number of carbonyl (C=O) groups excluding carboxylic acids is 1. The van der Waals surface area contributed by atoms with Gasteiger partial charge in [-0.15, -0.1) is 0 Å². The summed E-state index contributed by atoms with van der Waals surface area (Å²) < 4.78 is 63.2. The average molecular weight is 343 g/mol. The van der Waals surface area contributed by atoms with Crippen molar-refractivity contribution in [3.8, 4) is 16.9 Å². The molecule has 1 aromatic carbocycles. The number of carbonyl (C=O) groups is 1. The molecular formula is C16H13F4NO3. The third-order valence-electron chi connectivity index (χ3n) is 3.34. The van der Waals surface area contributed by atoms with Crippen LogP contribution in [0.2, 0.25) is 0 Å². The van der Waals surface area contributed by atoms with Crippen LogP contribution in [0.3, 0.4) is 0 Å². The van der Waals surface area contributed by atoms with Gasteiger partial charge in [0.2, 0.25) is 0 Å². The molecule has 0 aliphatic carbocycles. The molecule has 1 aromatic heterocycles. The van der Waals surface area contributed by atoms with Gasteiger partial charge in [-0.25, -0.2) is 9.18 Å². The molecule has 0 atom stereocenters. The molecule has 0 fully saturated rings. The van der Waals surface area contributed by atoms with Crippen LogP contribution in [0.1, 0.15) is 21.6 Å². The summed E-state index contributed by atoms with van der Waals surface area (Å²) in [5, 5.41) is 0. The summed E-state index contributed by atoms with van der Waals surface area (Å²) in [4.78, 5) is 15.8. The van der Waals surface area contributed by atoms with Crippen molar-refractivity contribution in [3.63, 3.8) is 0 Å². The molecule has 8 heteroatoms. The average Bonchev–Trinajstić information content (AvgIpc) is 2.52. The van der Waals surface area contributed by atoms with Gasteiger partial charge in [-0.1, -0.05) is 0 Å². The Kier molecular flexibility index (Phi) is 4.77. The van der Waals surface area contributed by atoms with Gasteiger partial charge in [-0.3, -0.25) is 4.98 Å². The summed E-state index contributed by atoms with van der Waals surface area (Å²) >= 11 is 0. The first-order valence-corrected chi connectivity index (χ1v) is 6.69. The number of halogens is 4. The predicted molar refractivity (Wildman–Crippen MR) is 77.3 cm³/mol. The molecule has 2 rings (SSSR count). The number of methoxy groups -OCH3 is 2. The maximum atomic E-state index is 14.6. The Morgan fingerprint density at radius 1 is 1.21 bits per heavy atom. The van der Waals surface area contributed by atoms with E-state index in [4.69, 9.17) is 4.74 Å². The zero-order valence-corrected chi connectivity index (χ0v) is 13.0. The van der Waals surface area contributed by atoms with Crippen molar-refractivity contribution in [2.24, 2.45) is 0 Å². The molecule has 2 aromatic rings. The second kappa shape index (κ2) is 6.46. The maximum absolute atomic E-state index is 14.6. The van der Waals surface area contributed by atoms with Crippen LogP contribution >= 0.6 is 0 Å². The third kappa shape index (κ3) is 3.17. The number of hydrogen-bond donors (Lipinski definition) is 0. The van der Waals surface area contributed by atoms with Crippen LogP contribution < -0.4 is 4.74 Å². The van der Waals surface area contributed by atoms with Gasteiger partial charge in [-0.05, 0) is 25.1 Å². The summed E-state index contributed by atoms with van der Waals surface area (Å²) in [7, 11) is 2.29. The Labute approximate surface area is 135 Å². The lowest BCUT2D eigenvalue weighted by Gasteiger charge is -2.17. The minimum atomic E-state index is -4.89. The highest BCUT2D eigenvalue weighted by Crippen LogP contribution is 2.41. The van der Waals surface area contributed by atoms with Crippen LogP contribution in [0.5, 0.6) is 5.75 Å². The SMILES string of the molecule is COC(=O)c1cnc(C)cc1-c1c(OC)ccc(C(F)(F)F)c1F. The monoisotopic (exact) mass is 343 g/mol. The first-order chi connectivity index (χ1) is 11.2. The molecule has 0 amide bonds. The standard InChI is InChI=1S/C16H13F4NO3/c1-8-6-9(10(7-21-8)15(22)24-3)13-12(23-2)5-4-11(14(13)17)16(18,19)20/h4-7H,1-3H3. The van der Waals surface area contributed by atoms with Crippen molar-refractivity contribution >= 4 is 5.97 Å². The molecule has 128 valence electrons. The predicted octanol–water partition coefficient (Wildman–Crippen LogP) is 4.01. The topological polar surface area (TPSA) is 48.4 Å². The summed E-state index contributed by atoms with van der Waals surface area (Å²) in [6, 6.07) is 2.88. The zero-order valence-electron chi connectivity index (χ0n) is 13.0. The number of esters is 1. The summed E-state index contributed by atoms with van der Waals surface area (Å²) in [5.74, 6) is -2.52. The van der Waals surface area contributed by atoms with Gasteiger partial charge in [0.05, 0.1) is 30.9 Å². The number of hydrogen-bond acceptors (Lipinski definition) is 4. The smallest absolute Gasteiger partial charge is 0.419 e. The molecule has 0 bridgehead atoms. The van der Waals surface area contributed by atoms with E-state index in [1.807, 2.05) is 0 Å². The van der Waals surface area contributed by atoms with Crippen molar-refractivity contribution in [2.45, 2.75) is 13.1 Å². The highest BCUT2D eigenvalue weighted by atomic mass is 19.4. The van der Waals surface area contributed by atoms with E-state index in [9.17, 15) is 22.4 Å². The quantitative estimate of drug-likeness (QED) is 0.624. The lowest BCUT2D eigenvalue weighted by molar-refractivity contribution is -0.139. The fraction of sp³-hybridized carbons (Fsp3) is 0.250. The minimum absolute atomic E-state index is 0.0881. The van der Waals surface area contributed by atoms with Crippen molar-refractivity contribution in [2.75, 3.05) is 14.2 Å². The second-order valence-electron chi connectivity index (χ2n) is 4.86. The van der Waals surface area contributed by atoms with Crippen LogP contribution in [-0.4, -0.2) is 25.2 Å². The molecule has 0 unspecified atom stereocenters. The molecule has 0 spiro atoms. The normalized spacial score (nSPS) is 11.3. The molecule has 24 heavy (non-hydrogen) atoms. The van der Waals surface area contributed by atoms with Gasteiger partial charge in [0.15, 0.2) is 0 Å². The summed E-state index contributed by atoms with van der Waals surface area (Å²) in [6.45, 7) is 1.56. The Bertz CT molecular complexity index is 788. The van der Waals surface area contributed by atoms with Crippen molar-refractivity contribution in [1.82, 2.24) is 4.98 Å². The number of benzene rings is 1. The van der Waals surface area contributed by atoms with E-state index in [2.05, 4.69) is 9.72 Å². The highest BCUT2D eigenvalue weighted by molar-refractivity contribution is 5.98. The lowest BCUT2D eigenvalue weighted by Crippen LogP contribution is -2.11. The minimum Gasteiger partial charge on any atom is -0.496 e. The van der Waals surface area contributed by atoms with Crippen LogP contribution in [0.15, 0.2) is 24.4 Å². The maximum Gasteiger partial charge on any atom is 0.419 e. The number of nitrogens with zero attached hydrogens (tertiary/aromatic N) is 1.